The third kappa shape index (κ3) is 3.74. The summed E-state index contributed by atoms with van der Waals surface area (Å²) in [5.74, 6) is -0.0285. The number of allylic oxidation sites excluding steroid dienone is 3. The van der Waals surface area contributed by atoms with E-state index in [9.17, 15) is 4.79 Å². The largest absolute Gasteiger partial charge is 0.355 e. The average Bonchev–Trinajstić information content (AvgIpc) is 2.13. The molecule has 0 aliphatic rings. The molecular weight excluding hydrogens is 162 g/mol. The molecule has 2 nitrogen and oxygen atoms in total. The van der Waals surface area contributed by atoms with E-state index >= 15 is 0 Å². The van der Waals surface area contributed by atoms with Crippen molar-refractivity contribution in [2.75, 3.05) is 7.05 Å². The Morgan fingerprint density at radius 2 is 1.85 bits per heavy atom. The van der Waals surface area contributed by atoms with Crippen molar-refractivity contribution in [2.24, 2.45) is 0 Å². The zero-order valence-electron chi connectivity index (χ0n) is 8.39. The summed E-state index contributed by atoms with van der Waals surface area (Å²) >= 11 is 0. The Hall–Kier alpha value is -1.31. The molecule has 0 aliphatic carbocycles. The van der Waals surface area contributed by atoms with Crippen LogP contribution in [0.3, 0.4) is 0 Å². The summed E-state index contributed by atoms with van der Waals surface area (Å²) in [6.07, 6.45) is 4.88. The molecule has 0 atom stereocenters. The highest BCUT2D eigenvalue weighted by Crippen LogP contribution is 2.13. The fourth-order valence-electron chi connectivity index (χ4n) is 1.10. The van der Waals surface area contributed by atoms with Gasteiger partial charge in [0.25, 0.3) is 0 Å². The van der Waals surface area contributed by atoms with E-state index in [-0.39, 0.29) is 5.91 Å². The molecule has 13 heavy (non-hydrogen) atoms. The number of likely N-dealkylation sites (N-methyl/N-ethyl adjacent to an activating group) is 1. The van der Waals surface area contributed by atoms with Crippen LogP contribution in [-0.2, 0) is 4.79 Å². The number of hydrogen-bond donors (Lipinski definition) is 1. The van der Waals surface area contributed by atoms with Crippen LogP contribution in [-0.4, -0.2) is 13.0 Å². The molecule has 0 aliphatic heterocycles. The summed E-state index contributed by atoms with van der Waals surface area (Å²) in [4.78, 5) is 11.4. The fourth-order valence-corrected chi connectivity index (χ4v) is 1.10. The summed E-state index contributed by atoms with van der Waals surface area (Å²) in [5.41, 5.74) is 1.84. The SMILES string of the molecule is C=CC/C(C)=C(\CC=C)C(=O)NC. The molecule has 0 aromatic carbocycles. The lowest BCUT2D eigenvalue weighted by molar-refractivity contribution is -0.117. The van der Waals surface area contributed by atoms with E-state index in [4.69, 9.17) is 0 Å². The van der Waals surface area contributed by atoms with Gasteiger partial charge in [0.1, 0.15) is 0 Å². The average molecular weight is 179 g/mol. The van der Waals surface area contributed by atoms with Crippen LogP contribution in [0, 0.1) is 0 Å². The molecule has 0 saturated heterocycles. The highest BCUT2D eigenvalue weighted by atomic mass is 16.1. The normalized spacial score (nSPS) is 11.5. The lowest BCUT2D eigenvalue weighted by atomic mass is 10.0. The molecule has 0 saturated carbocycles. The van der Waals surface area contributed by atoms with Gasteiger partial charge in [0.2, 0.25) is 5.91 Å². The number of nitrogens with one attached hydrogen (secondary N) is 1. The second-order valence-electron chi connectivity index (χ2n) is 2.82. The van der Waals surface area contributed by atoms with Gasteiger partial charge in [0.15, 0.2) is 0 Å². The van der Waals surface area contributed by atoms with E-state index in [1.165, 1.54) is 0 Å². The van der Waals surface area contributed by atoms with Gasteiger partial charge in [-0.2, -0.15) is 0 Å². The smallest absolute Gasteiger partial charge is 0.247 e. The number of rotatable bonds is 5. The predicted molar refractivity (Wildman–Crippen MR) is 56.4 cm³/mol. The van der Waals surface area contributed by atoms with Crippen LogP contribution in [0.1, 0.15) is 19.8 Å². The molecular formula is C11H17NO. The third-order valence-corrected chi connectivity index (χ3v) is 1.82. The lowest BCUT2D eigenvalue weighted by Crippen LogP contribution is -2.20. The molecule has 1 N–H and O–H groups in total. The first-order chi connectivity index (χ1) is 6.17. The highest BCUT2D eigenvalue weighted by Gasteiger charge is 2.08. The maximum Gasteiger partial charge on any atom is 0.247 e. The number of amides is 1. The molecule has 0 aromatic rings. The molecule has 0 bridgehead atoms. The number of carbonyl (C=O) groups excluding carboxylic acids is 1. The molecule has 0 rings (SSSR count). The van der Waals surface area contributed by atoms with Gasteiger partial charge in [-0.25, -0.2) is 0 Å². The summed E-state index contributed by atoms with van der Waals surface area (Å²) < 4.78 is 0. The minimum absolute atomic E-state index is 0.0285. The van der Waals surface area contributed by atoms with Gasteiger partial charge >= 0.3 is 0 Å². The topological polar surface area (TPSA) is 29.1 Å². The van der Waals surface area contributed by atoms with Gasteiger partial charge in [0, 0.05) is 12.6 Å². The Labute approximate surface area is 80.0 Å². The Kier molecular flexibility index (Phi) is 5.60. The van der Waals surface area contributed by atoms with E-state index < -0.39 is 0 Å². The van der Waals surface area contributed by atoms with Crippen molar-refractivity contribution in [1.29, 1.82) is 0 Å². The van der Waals surface area contributed by atoms with Gasteiger partial charge < -0.3 is 5.32 Å². The maximum atomic E-state index is 11.4. The summed E-state index contributed by atoms with van der Waals surface area (Å²) in [6.45, 7) is 9.20. The van der Waals surface area contributed by atoms with Gasteiger partial charge in [-0.3, -0.25) is 4.79 Å². The van der Waals surface area contributed by atoms with Crippen LogP contribution >= 0.6 is 0 Å². The van der Waals surface area contributed by atoms with Crippen LogP contribution in [0.15, 0.2) is 36.5 Å². The Morgan fingerprint density at radius 3 is 2.23 bits per heavy atom. The zero-order valence-corrected chi connectivity index (χ0v) is 8.39. The van der Waals surface area contributed by atoms with Crippen molar-refractivity contribution >= 4 is 5.91 Å². The highest BCUT2D eigenvalue weighted by molar-refractivity contribution is 5.94. The Balaban J connectivity index is 4.73. The molecule has 0 radical (unpaired) electrons. The van der Waals surface area contributed by atoms with Crippen molar-refractivity contribution in [3.05, 3.63) is 36.5 Å². The molecule has 2 heteroatoms. The minimum atomic E-state index is -0.0285. The maximum absolute atomic E-state index is 11.4. The van der Waals surface area contributed by atoms with Crippen LogP contribution in [0.25, 0.3) is 0 Å². The van der Waals surface area contributed by atoms with E-state index in [1.807, 2.05) is 6.92 Å². The first kappa shape index (κ1) is 11.7. The number of carbonyl (C=O) groups is 1. The van der Waals surface area contributed by atoms with Crippen molar-refractivity contribution in [1.82, 2.24) is 5.32 Å². The quantitative estimate of drug-likeness (QED) is 0.508. The van der Waals surface area contributed by atoms with Crippen LogP contribution in [0.5, 0.6) is 0 Å². The second kappa shape index (κ2) is 6.23. The number of hydrogen-bond acceptors (Lipinski definition) is 1. The summed E-state index contributed by atoms with van der Waals surface area (Å²) in [7, 11) is 1.63. The van der Waals surface area contributed by atoms with E-state index in [1.54, 1.807) is 19.2 Å². The van der Waals surface area contributed by atoms with Crippen molar-refractivity contribution in [3.63, 3.8) is 0 Å². The molecule has 0 spiro atoms. The molecule has 72 valence electrons. The second-order valence-corrected chi connectivity index (χ2v) is 2.82. The zero-order chi connectivity index (χ0) is 10.3. The van der Waals surface area contributed by atoms with Gasteiger partial charge in [-0.15, -0.1) is 13.2 Å². The molecule has 0 fully saturated rings. The van der Waals surface area contributed by atoms with E-state index in [0.717, 1.165) is 17.6 Å². The minimum Gasteiger partial charge on any atom is -0.355 e. The van der Waals surface area contributed by atoms with Crippen LogP contribution in [0.2, 0.25) is 0 Å². The standard InChI is InChI=1S/C11H17NO/c1-5-7-9(3)10(8-6-2)11(13)12-4/h5-6H,1-2,7-8H2,3-4H3,(H,12,13)/b10-9+. The molecule has 1 amide bonds. The lowest BCUT2D eigenvalue weighted by Gasteiger charge is -2.07. The first-order valence-corrected chi connectivity index (χ1v) is 4.29. The van der Waals surface area contributed by atoms with Crippen molar-refractivity contribution in [3.8, 4) is 0 Å². The summed E-state index contributed by atoms with van der Waals surface area (Å²) in [6, 6.07) is 0. The van der Waals surface area contributed by atoms with Gasteiger partial charge in [0.05, 0.1) is 0 Å². The molecule has 0 heterocycles. The predicted octanol–water partition coefficient (Wildman–Crippen LogP) is 2.20. The van der Waals surface area contributed by atoms with Crippen LogP contribution < -0.4 is 5.32 Å². The van der Waals surface area contributed by atoms with E-state index in [2.05, 4.69) is 18.5 Å². The summed E-state index contributed by atoms with van der Waals surface area (Å²) in [5, 5.41) is 2.61. The monoisotopic (exact) mass is 179 g/mol. The molecule has 0 aromatic heterocycles. The van der Waals surface area contributed by atoms with Crippen molar-refractivity contribution in [2.45, 2.75) is 19.8 Å². The molecule has 0 unspecified atom stereocenters. The van der Waals surface area contributed by atoms with Gasteiger partial charge in [-0.1, -0.05) is 17.7 Å². The van der Waals surface area contributed by atoms with Gasteiger partial charge in [-0.05, 0) is 19.8 Å². The third-order valence-electron chi connectivity index (χ3n) is 1.82. The van der Waals surface area contributed by atoms with Crippen LogP contribution in [0.4, 0.5) is 0 Å². The fraction of sp³-hybridized carbons (Fsp3) is 0.364. The van der Waals surface area contributed by atoms with Crippen molar-refractivity contribution < 1.29 is 4.79 Å². The first-order valence-electron chi connectivity index (χ1n) is 4.29. The Morgan fingerprint density at radius 1 is 1.31 bits per heavy atom. The van der Waals surface area contributed by atoms with E-state index in [0.29, 0.717) is 6.42 Å². The Bertz CT molecular complexity index is 238.